The first-order valence-electron chi connectivity index (χ1n) is 5.62. The SMILES string of the molecule is Cc1cn(CC(=O)N(C[C]=O)CCN)c(=O)[nH]c1=O. The zero-order chi connectivity index (χ0) is 14.4. The molecule has 19 heavy (non-hydrogen) atoms. The number of rotatable bonds is 6. The molecular formula is C11H15N4O4. The maximum atomic E-state index is 11.9. The van der Waals surface area contributed by atoms with Gasteiger partial charge in [0.25, 0.3) is 5.56 Å². The summed E-state index contributed by atoms with van der Waals surface area (Å²) in [7, 11) is 0. The number of aromatic nitrogens is 2. The summed E-state index contributed by atoms with van der Waals surface area (Å²) in [6.45, 7) is 1.46. The Morgan fingerprint density at radius 3 is 2.79 bits per heavy atom. The second-order valence-corrected chi connectivity index (χ2v) is 3.95. The molecule has 0 aromatic carbocycles. The summed E-state index contributed by atoms with van der Waals surface area (Å²) in [4.78, 5) is 48.2. The van der Waals surface area contributed by atoms with Crippen molar-refractivity contribution in [1.29, 1.82) is 0 Å². The molecule has 0 aliphatic heterocycles. The molecule has 8 nitrogen and oxygen atoms in total. The van der Waals surface area contributed by atoms with Crippen LogP contribution in [0, 0.1) is 6.92 Å². The molecule has 3 N–H and O–H groups in total. The van der Waals surface area contributed by atoms with E-state index in [-0.39, 0.29) is 26.2 Å². The Balaban J connectivity index is 2.92. The number of carbonyl (C=O) groups is 1. The van der Waals surface area contributed by atoms with Gasteiger partial charge in [-0.05, 0) is 6.92 Å². The second kappa shape index (κ2) is 6.64. The van der Waals surface area contributed by atoms with Crippen molar-refractivity contribution in [1.82, 2.24) is 14.5 Å². The van der Waals surface area contributed by atoms with E-state index in [1.54, 1.807) is 6.29 Å². The Hall–Kier alpha value is -2.22. The summed E-state index contributed by atoms with van der Waals surface area (Å²) in [5.41, 5.74) is 4.48. The van der Waals surface area contributed by atoms with Gasteiger partial charge in [-0.25, -0.2) is 4.79 Å². The van der Waals surface area contributed by atoms with E-state index in [0.717, 1.165) is 4.57 Å². The molecule has 1 aromatic heterocycles. The average molecular weight is 267 g/mol. The number of nitrogens with two attached hydrogens (primary N) is 1. The molecule has 0 spiro atoms. The van der Waals surface area contributed by atoms with Crippen molar-refractivity contribution in [2.24, 2.45) is 5.73 Å². The van der Waals surface area contributed by atoms with Crippen LogP contribution in [0.2, 0.25) is 0 Å². The van der Waals surface area contributed by atoms with E-state index < -0.39 is 17.2 Å². The lowest BCUT2D eigenvalue weighted by atomic mass is 10.3. The first kappa shape index (κ1) is 14.8. The van der Waals surface area contributed by atoms with Crippen LogP contribution in [-0.2, 0) is 16.1 Å². The van der Waals surface area contributed by atoms with E-state index in [1.165, 1.54) is 18.0 Å². The summed E-state index contributed by atoms with van der Waals surface area (Å²) in [5, 5.41) is 0. The molecule has 1 amide bonds. The molecule has 1 rings (SSSR count). The van der Waals surface area contributed by atoms with Gasteiger partial charge in [0.05, 0.1) is 6.54 Å². The van der Waals surface area contributed by atoms with Crippen molar-refractivity contribution in [3.05, 3.63) is 32.6 Å². The van der Waals surface area contributed by atoms with Gasteiger partial charge in [0.1, 0.15) is 6.54 Å². The smallest absolute Gasteiger partial charge is 0.328 e. The molecular weight excluding hydrogens is 252 g/mol. The Morgan fingerprint density at radius 2 is 2.21 bits per heavy atom. The highest BCUT2D eigenvalue weighted by Gasteiger charge is 2.14. The van der Waals surface area contributed by atoms with Crippen LogP contribution < -0.4 is 17.0 Å². The zero-order valence-corrected chi connectivity index (χ0v) is 10.5. The molecule has 0 aliphatic rings. The van der Waals surface area contributed by atoms with Gasteiger partial charge in [0.15, 0.2) is 0 Å². The number of H-pyrrole nitrogens is 1. The van der Waals surface area contributed by atoms with Crippen LogP contribution in [0.15, 0.2) is 15.8 Å². The van der Waals surface area contributed by atoms with Gasteiger partial charge in [-0.2, -0.15) is 0 Å². The number of amides is 1. The van der Waals surface area contributed by atoms with E-state index in [4.69, 9.17) is 5.73 Å². The molecule has 0 bridgehead atoms. The fraction of sp³-hybridized carbons (Fsp3) is 0.455. The number of hydrogen-bond donors (Lipinski definition) is 2. The molecule has 0 atom stereocenters. The predicted molar refractivity (Wildman–Crippen MR) is 67.4 cm³/mol. The Morgan fingerprint density at radius 1 is 1.53 bits per heavy atom. The molecule has 1 heterocycles. The van der Waals surface area contributed by atoms with Gasteiger partial charge >= 0.3 is 5.69 Å². The minimum atomic E-state index is -0.674. The molecule has 0 saturated carbocycles. The largest absolute Gasteiger partial charge is 0.332 e. The summed E-state index contributed by atoms with van der Waals surface area (Å²) in [5.74, 6) is -0.442. The first-order valence-corrected chi connectivity index (χ1v) is 5.62. The maximum absolute atomic E-state index is 11.9. The van der Waals surface area contributed by atoms with E-state index in [1.807, 2.05) is 0 Å². The molecule has 0 aliphatic carbocycles. The quantitative estimate of drug-likeness (QED) is 0.603. The number of nitrogens with zero attached hydrogens (tertiary/aromatic N) is 2. The van der Waals surface area contributed by atoms with E-state index >= 15 is 0 Å². The summed E-state index contributed by atoms with van der Waals surface area (Å²) in [6.07, 6.45) is 2.90. The van der Waals surface area contributed by atoms with Gasteiger partial charge in [-0.3, -0.25) is 23.9 Å². The molecule has 1 radical (unpaired) electrons. The molecule has 103 valence electrons. The van der Waals surface area contributed by atoms with E-state index in [2.05, 4.69) is 4.98 Å². The highest BCUT2D eigenvalue weighted by molar-refractivity contribution is 5.78. The zero-order valence-electron chi connectivity index (χ0n) is 10.5. The van der Waals surface area contributed by atoms with Crippen molar-refractivity contribution in [2.75, 3.05) is 19.6 Å². The fourth-order valence-corrected chi connectivity index (χ4v) is 1.51. The monoisotopic (exact) mass is 267 g/mol. The third kappa shape index (κ3) is 3.88. The fourth-order valence-electron chi connectivity index (χ4n) is 1.51. The van der Waals surface area contributed by atoms with E-state index in [0.29, 0.717) is 5.56 Å². The lowest BCUT2D eigenvalue weighted by Gasteiger charge is -2.19. The molecule has 1 aromatic rings. The highest BCUT2D eigenvalue weighted by atomic mass is 16.2. The minimum absolute atomic E-state index is 0.200. The van der Waals surface area contributed by atoms with Crippen molar-refractivity contribution >= 4 is 12.2 Å². The summed E-state index contributed by atoms with van der Waals surface area (Å²) in [6, 6.07) is 0. The van der Waals surface area contributed by atoms with Crippen LogP contribution in [0.1, 0.15) is 5.56 Å². The first-order chi connectivity index (χ1) is 8.99. The molecule has 0 saturated heterocycles. The lowest BCUT2D eigenvalue weighted by molar-refractivity contribution is -0.131. The standard InChI is InChI=1S/C11H15N4O4/c1-8-6-15(11(19)13-10(8)18)7-9(17)14(3-2-12)4-5-16/h6H,2-4,7,12H2,1H3,(H,13,18,19). The molecule has 0 unspecified atom stereocenters. The Labute approximate surface area is 108 Å². The van der Waals surface area contributed by atoms with Crippen LogP contribution in [0.5, 0.6) is 0 Å². The van der Waals surface area contributed by atoms with Crippen molar-refractivity contribution < 1.29 is 9.59 Å². The Bertz CT molecular complexity index is 575. The van der Waals surface area contributed by atoms with Crippen molar-refractivity contribution in [2.45, 2.75) is 13.5 Å². The topological polar surface area (TPSA) is 118 Å². The van der Waals surface area contributed by atoms with E-state index in [9.17, 15) is 19.2 Å². The molecule has 0 fully saturated rings. The van der Waals surface area contributed by atoms with Gasteiger partial charge in [-0.15, -0.1) is 0 Å². The molecule has 8 heteroatoms. The van der Waals surface area contributed by atoms with Crippen LogP contribution in [-0.4, -0.2) is 46.3 Å². The number of nitrogens with one attached hydrogen (secondary N) is 1. The summed E-state index contributed by atoms with van der Waals surface area (Å²) < 4.78 is 1.08. The van der Waals surface area contributed by atoms with Gasteiger partial charge in [0, 0.05) is 24.8 Å². The number of aryl methyl sites for hydroxylation is 1. The maximum Gasteiger partial charge on any atom is 0.328 e. The third-order valence-electron chi connectivity index (χ3n) is 2.50. The van der Waals surface area contributed by atoms with Gasteiger partial charge in [-0.1, -0.05) is 0 Å². The van der Waals surface area contributed by atoms with Crippen LogP contribution in [0.25, 0.3) is 0 Å². The van der Waals surface area contributed by atoms with Crippen molar-refractivity contribution in [3.8, 4) is 0 Å². The number of aromatic amines is 1. The third-order valence-corrected chi connectivity index (χ3v) is 2.50. The number of carbonyl (C=O) groups excluding carboxylic acids is 2. The van der Waals surface area contributed by atoms with Crippen molar-refractivity contribution in [3.63, 3.8) is 0 Å². The Kier molecular flexibility index (Phi) is 5.19. The van der Waals surface area contributed by atoms with Crippen LogP contribution in [0.3, 0.4) is 0 Å². The van der Waals surface area contributed by atoms with Crippen LogP contribution >= 0.6 is 0 Å². The highest BCUT2D eigenvalue weighted by Crippen LogP contribution is 1.92. The van der Waals surface area contributed by atoms with Gasteiger partial charge in [0.2, 0.25) is 12.2 Å². The predicted octanol–water partition coefficient (Wildman–Crippen LogP) is -2.26. The minimum Gasteiger partial charge on any atom is -0.332 e. The summed E-state index contributed by atoms with van der Waals surface area (Å²) >= 11 is 0. The number of hydrogen-bond acceptors (Lipinski definition) is 5. The normalized spacial score (nSPS) is 10.2. The second-order valence-electron chi connectivity index (χ2n) is 3.95. The van der Waals surface area contributed by atoms with Crippen LogP contribution in [0.4, 0.5) is 0 Å². The van der Waals surface area contributed by atoms with Gasteiger partial charge < -0.3 is 10.6 Å². The lowest BCUT2D eigenvalue weighted by Crippen LogP contribution is -2.41. The average Bonchev–Trinajstić information content (AvgIpc) is 2.35.